The van der Waals surface area contributed by atoms with E-state index in [0.717, 1.165) is 18.8 Å². The van der Waals surface area contributed by atoms with Crippen LogP contribution in [0, 0.1) is 0 Å². The lowest BCUT2D eigenvalue weighted by molar-refractivity contribution is 0.102. The third-order valence-corrected chi connectivity index (χ3v) is 5.09. The van der Waals surface area contributed by atoms with Gasteiger partial charge >= 0.3 is 0 Å². The third kappa shape index (κ3) is 3.17. The van der Waals surface area contributed by atoms with Gasteiger partial charge in [-0.1, -0.05) is 18.2 Å². The van der Waals surface area contributed by atoms with Gasteiger partial charge in [-0.2, -0.15) is 0 Å². The normalized spacial score (nSPS) is 15.4. The van der Waals surface area contributed by atoms with E-state index in [9.17, 15) is 4.79 Å². The monoisotopic (exact) mass is 333 g/mol. The number of amides is 1. The fourth-order valence-electron chi connectivity index (χ4n) is 3.75. The molecule has 0 radical (unpaired) electrons. The number of hydrogen-bond donors (Lipinski definition) is 2. The fourth-order valence-corrected chi connectivity index (χ4v) is 3.75. The van der Waals surface area contributed by atoms with Crippen molar-refractivity contribution in [3.05, 3.63) is 65.9 Å². The Balaban J connectivity index is 1.66. The molecule has 1 amide bonds. The fraction of sp³-hybridized carbons (Fsp3) is 0.286. The van der Waals surface area contributed by atoms with Crippen LogP contribution >= 0.6 is 0 Å². The standard InChI is InChI=1S/C21H23N3O/c1-24-14-19(15-9-11-22-12-10-15)18-13-17(7-8-20(18)24)23-21(25)16-5-3-2-4-6-16/h2-8,13-15,22H,9-12H2,1H3,(H,23,25). The molecule has 1 fully saturated rings. The van der Waals surface area contributed by atoms with E-state index in [1.54, 1.807) is 0 Å². The van der Waals surface area contributed by atoms with Crippen LogP contribution in [0.15, 0.2) is 54.7 Å². The zero-order chi connectivity index (χ0) is 17.2. The molecule has 0 unspecified atom stereocenters. The number of piperidine rings is 1. The minimum absolute atomic E-state index is 0.0701. The summed E-state index contributed by atoms with van der Waals surface area (Å²) in [7, 11) is 2.09. The maximum atomic E-state index is 12.4. The van der Waals surface area contributed by atoms with E-state index in [4.69, 9.17) is 0 Å². The summed E-state index contributed by atoms with van der Waals surface area (Å²) in [6.45, 7) is 2.15. The molecule has 0 spiro atoms. The molecule has 0 atom stereocenters. The summed E-state index contributed by atoms with van der Waals surface area (Å²) in [4.78, 5) is 12.4. The summed E-state index contributed by atoms with van der Waals surface area (Å²) in [6, 6.07) is 15.5. The highest BCUT2D eigenvalue weighted by Gasteiger charge is 2.20. The van der Waals surface area contributed by atoms with Crippen LogP contribution in [0.4, 0.5) is 5.69 Å². The van der Waals surface area contributed by atoms with E-state index >= 15 is 0 Å². The molecule has 2 heterocycles. The van der Waals surface area contributed by atoms with E-state index in [0.29, 0.717) is 11.5 Å². The van der Waals surface area contributed by atoms with Crippen LogP contribution < -0.4 is 10.6 Å². The Bertz CT molecular complexity index is 892. The van der Waals surface area contributed by atoms with E-state index < -0.39 is 0 Å². The van der Waals surface area contributed by atoms with Gasteiger partial charge in [0.15, 0.2) is 0 Å². The number of hydrogen-bond acceptors (Lipinski definition) is 2. The number of nitrogens with one attached hydrogen (secondary N) is 2. The maximum absolute atomic E-state index is 12.4. The van der Waals surface area contributed by atoms with Crippen molar-refractivity contribution >= 4 is 22.5 Å². The summed E-state index contributed by atoms with van der Waals surface area (Å²) in [6.07, 6.45) is 4.59. The molecular weight excluding hydrogens is 310 g/mol. The van der Waals surface area contributed by atoms with E-state index in [2.05, 4.69) is 40.6 Å². The number of anilines is 1. The first-order valence-electron chi connectivity index (χ1n) is 8.88. The highest BCUT2D eigenvalue weighted by atomic mass is 16.1. The molecule has 2 aromatic carbocycles. The number of carbonyl (C=O) groups is 1. The number of nitrogens with zero attached hydrogens (tertiary/aromatic N) is 1. The minimum atomic E-state index is -0.0701. The first kappa shape index (κ1) is 15.9. The number of benzene rings is 2. The van der Waals surface area contributed by atoms with Crippen molar-refractivity contribution in [2.24, 2.45) is 7.05 Å². The van der Waals surface area contributed by atoms with Gasteiger partial charge in [0.25, 0.3) is 5.91 Å². The van der Waals surface area contributed by atoms with Gasteiger partial charge in [0.05, 0.1) is 0 Å². The molecule has 1 aliphatic heterocycles. The topological polar surface area (TPSA) is 46.1 Å². The molecule has 1 aliphatic rings. The van der Waals surface area contributed by atoms with Crippen molar-refractivity contribution in [3.8, 4) is 0 Å². The third-order valence-electron chi connectivity index (χ3n) is 5.09. The minimum Gasteiger partial charge on any atom is -0.350 e. The number of aryl methyl sites for hydroxylation is 1. The average Bonchev–Trinajstić information content (AvgIpc) is 2.99. The van der Waals surface area contributed by atoms with Gasteiger partial charge < -0.3 is 15.2 Å². The van der Waals surface area contributed by atoms with Gasteiger partial charge in [-0.15, -0.1) is 0 Å². The quantitative estimate of drug-likeness (QED) is 0.764. The van der Waals surface area contributed by atoms with Gasteiger partial charge in [0, 0.05) is 35.4 Å². The lowest BCUT2D eigenvalue weighted by Gasteiger charge is -2.22. The molecule has 128 valence electrons. The molecule has 1 aromatic heterocycles. The second-order valence-corrected chi connectivity index (χ2v) is 6.77. The van der Waals surface area contributed by atoms with E-state index in [-0.39, 0.29) is 5.91 Å². The lowest BCUT2D eigenvalue weighted by atomic mass is 9.90. The van der Waals surface area contributed by atoms with Crippen LogP contribution in [-0.4, -0.2) is 23.6 Å². The molecule has 4 rings (SSSR count). The first-order chi connectivity index (χ1) is 12.2. The van der Waals surface area contributed by atoms with Crippen molar-refractivity contribution in [3.63, 3.8) is 0 Å². The maximum Gasteiger partial charge on any atom is 0.255 e. The highest BCUT2D eigenvalue weighted by Crippen LogP contribution is 2.34. The molecule has 1 saturated heterocycles. The SMILES string of the molecule is Cn1cc(C2CCNCC2)c2cc(NC(=O)c3ccccc3)ccc21. The zero-order valence-electron chi connectivity index (χ0n) is 14.5. The van der Waals surface area contributed by atoms with Gasteiger partial charge in [0.2, 0.25) is 0 Å². The Morgan fingerprint density at radius 1 is 1.12 bits per heavy atom. The summed E-state index contributed by atoms with van der Waals surface area (Å²) in [5, 5.41) is 7.71. The summed E-state index contributed by atoms with van der Waals surface area (Å²) in [5.74, 6) is 0.518. The van der Waals surface area contributed by atoms with Gasteiger partial charge in [0.1, 0.15) is 0 Å². The van der Waals surface area contributed by atoms with Crippen molar-refractivity contribution in [2.45, 2.75) is 18.8 Å². The van der Waals surface area contributed by atoms with Crippen molar-refractivity contribution in [1.82, 2.24) is 9.88 Å². The molecule has 0 aliphatic carbocycles. The molecule has 25 heavy (non-hydrogen) atoms. The number of carbonyl (C=O) groups excluding carboxylic acids is 1. The molecule has 0 bridgehead atoms. The number of fused-ring (bicyclic) bond motifs is 1. The Labute approximate surface area is 147 Å². The Hall–Kier alpha value is -2.59. The average molecular weight is 333 g/mol. The molecule has 4 nitrogen and oxygen atoms in total. The van der Waals surface area contributed by atoms with Gasteiger partial charge in [-0.3, -0.25) is 4.79 Å². The molecule has 3 aromatic rings. The Kier molecular flexibility index (Phi) is 4.28. The van der Waals surface area contributed by atoms with Crippen LogP contribution in [0.25, 0.3) is 10.9 Å². The lowest BCUT2D eigenvalue weighted by Crippen LogP contribution is -2.26. The molecular formula is C21H23N3O. The van der Waals surface area contributed by atoms with Crippen LogP contribution in [0.2, 0.25) is 0 Å². The molecule has 0 saturated carbocycles. The van der Waals surface area contributed by atoms with E-state index in [1.165, 1.54) is 29.3 Å². The largest absolute Gasteiger partial charge is 0.350 e. The zero-order valence-corrected chi connectivity index (χ0v) is 14.5. The number of rotatable bonds is 3. The number of aromatic nitrogens is 1. The van der Waals surface area contributed by atoms with Crippen molar-refractivity contribution in [1.29, 1.82) is 0 Å². The second-order valence-electron chi connectivity index (χ2n) is 6.77. The Morgan fingerprint density at radius 3 is 2.64 bits per heavy atom. The van der Waals surface area contributed by atoms with Crippen LogP contribution in [0.1, 0.15) is 34.7 Å². The molecule has 4 heteroatoms. The smallest absolute Gasteiger partial charge is 0.255 e. The van der Waals surface area contributed by atoms with Gasteiger partial charge in [-0.05, 0) is 67.7 Å². The van der Waals surface area contributed by atoms with Crippen LogP contribution in [-0.2, 0) is 7.05 Å². The predicted molar refractivity (Wildman–Crippen MR) is 102 cm³/mol. The van der Waals surface area contributed by atoms with Crippen LogP contribution in [0.5, 0.6) is 0 Å². The highest BCUT2D eigenvalue weighted by molar-refractivity contribution is 6.05. The Morgan fingerprint density at radius 2 is 1.88 bits per heavy atom. The summed E-state index contributed by atoms with van der Waals surface area (Å²) in [5.41, 5.74) is 4.14. The summed E-state index contributed by atoms with van der Waals surface area (Å²) < 4.78 is 2.19. The predicted octanol–water partition coefficient (Wildman–Crippen LogP) is 3.90. The second kappa shape index (κ2) is 6.73. The first-order valence-corrected chi connectivity index (χ1v) is 8.88. The molecule has 2 N–H and O–H groups in total. The van der Waals surface area contributed by atoms with Crippen molar-refractivity contribution < 1.29 is 4.79 Å². The van der Waals surface area contributed by atoms with Crippen molar-refractivity contribution in [2.75, 3.05) is 18.4 Å². The van der Waals surface area contributed by atoms with E-state index in [1.807, 2.05) is 36.4 Å². The van der Waals surface area contributed by atoms with Crippen LogP contribution in [0.3, 0.4) is 0 Å². The summed E-state index contributed by atoms with van der Waals surface area (Å²) >= 11 is 0. The van der Waals surface area contributed by atoms with Gasteiger partial charge in [-0.25, -0.2) is 0 Å².